The average Bonchev–Trinajstić information content (AvgIpc) is 3.21. The smallest absolute Gasteiger partial charge is 0.240 e. The van der Waals surface area contributed by atoms with Crippen molar-refractivity contribution in [1.82, 2.24) is 15.5 Å². The Kier molecular flexibility index (Phi) is 4.79. The van der Waals surface area contributed by atoms with Crippen molar-refractivity contribution in [2.45, 2.75) is 27.2 Å². The van der Waals surface area contributed by atoms with Crippen LogP contribution in [0.3, 0.4) is 0 Å². The molecule has 0 spiro atoms. The highest BCUT2D eigenvalue weighted by Gasteiger charge is 2.36. The Bertz CT molecular complexity index is 939. The Labute approximate surface area is 151 Å². The van der Waals surface area contributed by atoms with Gasteiger partial charge in [-0.2, -0.15) is 0 Å². The Morgan fingerprint density at radius 2 is 2.00 bits per heavy atom. The van der Waals surface area contributed by atoms with Gasteiger partial charge < -0.3 is 20.1 Å². The van der Waals surface area contributed by atoms with E-state index >= 15 is 0 Å². The number of para-hydroxylation sites is 1. The summed E-state index contributed by atoms with van der Waals surface area (Å²) in [6, 6.07) is 9.61. The maximum Gasteiger partial charge on any atom is 0.240 e. The number of rotatable bonds is 6. The predicted molar refractivity (Wildman–Crippen MR) is 98.7 cm³/mol. The summed E-state index contributed by atoms with van der Waals surface area (Å²) >= 11 is 0. The van der Waals surface area contributed by atoms with E-state index in [1.54, 1.807) is 26.8 Å². The van der Waals surface area contributed by atoms with Crippen molar-refractivity contribution >= 4 is 28.5 Å². The Morgan fingerprint density at radius 3 is 2.73 bits per heavy atom. The SMILES string of the molecule is Cc1cc(NC(=O)C(C)(C)C(=O)NCCc2c[nH]c3ccccc23)no1. The number of nitrogens with zero attached hydrogens (tertiary/aromatic N) is 1. The van der Waals surface area contributed by atoms with Gasteiger partial charge in [0, 0.05) is 29.7 Å². The van der Waals surface area contributed by atoms with Gasteiger partial charge in [0.1, 0.15) is 11.2 Å². The molecule has 7 nitrogen and oxygen atoms in total. The van der Waals surface area contributed by atoms with E-state index in [1.165, 1.54) is 0 Å². The summed E-state index contributed by atoms with van der Waals surface area (Å²) in [7, 11) is 0. The van der Waals surface area contributed by atoms with Crippen molar-refractivity contribution in [3.05, 3.63) is 47.9 Å². The van der Waals surface area contributed by atoms with Gasteiger partial charge >= 0.3 is 0 Å². The average molecular weight is 354 g/mol. The lowest BCUT2D eigenvalue weighted by atomic mass is 9.91. The molecule has 0 atom stereocenters. The molecule has 2 amide bonds. The third kappa shape index (κ3) is 3.61. The second-order valence-corrected chi connectivity index (χ2v) is 6.77. The lowest BCUT2D eigenvalue weighted by Gasteiger charge is -2.21. The fourth-order valence-corrected chi connectivity index (χ4v) is 2.67. The van der Waals surface area contributed by atoms with E-state index in [1.807, 2.05) is 30.5 Å². The molecule has 0 fully saturated rings. The summed E-state index contributed by atoms with van der Waals surface area (Å²) in [4.78, 5) is 28.1. The molecule has 0 aliphatic rings. The zero-order valence-electron chi connectivity index (χ0n) is 15.1. The second-order valence-electron chi connectivity index (χ2n) is 6.77. The fraction of sp³-hybridized carbons (Fsp3) is 0.316. The molecule has 0 aliphatic carbocycles. The number of nitrogens with one attached hydrogen (secondary N) is 3. The second kappa shape index (κ2) is 7.03. The molecule has 1 aromatic carbocycles. The third-order valence-corrected chi connectivity index (χ3v) is 4.36. The van der Waals surface area contributed by atoms with Crippen LogP contribution in [-0.2, 0) is 16.0 Å². The number of carbonyl (C=O) groups is 2. The van der Waals surface area contributed by atoms with Gasteiger partial charge in [0.05, 0.1) is 0 Å². The van der Waals surface area contributed by atoms with E-state index in [-0.39, 0.29) is 5.91 Å². The molecule has 2 aromatic heterocycles. The number of amides is 2. The maximum atomic E-state index is 12.5. The molecule has 26 heavy (non-hydrogen) atoms. The van der Waals surface area contributed by atoms with Crippen molar-refractivity contribution in [3.63, 3.8) is 0 Å². The van der Waals surface area contributed by atoms with E-state index in [9.17, 15) is 9.59 Å². The molecule has 3 N–H and O–H groups in total. The molecule has 0 radical (unpaired) electrons. The Balaban J connectivity index is 1.57. The normalized spacial score (nSPS) is 11.5. The van der Waals surface area contributed by atoms with Gasteiger partial charge in [-0.1, -0.05) is 23.4 Å². The van der Waals surface area contributed by atoms with E-state index in [2.05, 4.69) is 20.8 Å². The predicted octanol–water partition coefficient (Wildman–Crippen LogP) is 2.79. The van der Waals surface area contributed by atoms with Crippen LogP contribution in [0.25, 0.3) is 10.9 Å². The van der Waals surface area contributed by atoms with Crippen molar-refractivity contribution in [2.24, 2.45) is 5.41 Å². The summed E-state index contributed by atoms with van der Waals surface area (Å²) in [5.74, 6) is 0.110. The standard InChI is InChI=1S/C19H22N4O3/c1-12-10-16(23-26-12)22-18(25)19(2,3)17(24)20-9-8-13-11-21-15-7-5-4-6-14(13)15/h4-7,10-11,21H,8-9H2,1-3H3,(H,20,24)(H,22,23,25). The molecule has 3 aromatic rings. The van der Waals surface area contributed by atoms with Crippen LogP contribution < -0.4 is 10.6 Å². The van der Waals surface area contributed by atoms with Gasteiger partial charge in [0.25, 0.3) is 0 Å². The molecule has 0 aliphatic heterocycles. The molecular formula is C19H22N4O3. The highest BCUT2D eigenvalue weighted by atomic mass is 16.5. The number of benzene rings is 1. The third-order valence-electron chi connectivity index (χ3n) is 4.36. The minimum absolute atomic E-state index is 0.298. The van der Waals surface area contributed by atoms with Crippen LogP contribution in [0.1, 0.15) is 25.2 Å². The van der Waals surface area contributed by atoms with E-state index in [0.717, 1.165) is 16.5 Å². The number of hydrogen-bond acceptors (Lipinski definition) is 4. The van der Waals surface area contributed by atoms with Crippen LogP contribution in [0.5, 0.6) is 0 Å². The first-order chi connectivity index (χ1) is 12.4. The first-order valence-electron chi connectivity index (χ1n) is 8.46. The van der Waals surface area contributed by atoms with Crippen molar-refractivity contribution in [2.75, 3.05) is 11.9 Å². The molecule has 0 bridgehead atoms. The Hall–Kier alpha value is -3.09. The summed E-state index contributed by atoms with van der Waals surface area (Å²) in [5.41, 5.74) is 0.963. The van der Waals surface area contributed by atoms with Crippen LogP contribution in [0.4, 0.5) is 5.82 Å². The summed E-state index contributed by atoms with van der Waals surface area (Å²) in [6.45, 7) is 5.33. The molecule has 7 heteroatoms. The van der Waals surface area contributed by atoms with E-state index < -0.39 is 11.3 Å². The monoisotopic (exact) mass is 354 g/mol. The van der Waals surface area contributed by atoms with E-state index in [4.69, 9.17) is 4.52 Å². The van der Waals surface area contributed by atoms with Crippen molar-refractivity contribution in [3.8, 4) is 0 Å². The van der Waals surface area contributed by atoms with Crippen LogP contribution in [-0.4, -0.2) is 28.5 Å². The molecule has 136 valence electrons. The molecule has 2 heterocycles. The number of hydrogen-bond donors (Lipinski definition) is 3. The van der Waals surface area contributed by atoms with E-state index in [0.29, 0.717) is 24.5 Å². The number of aromatic amines is 1. The lowest BCUT2D eigenvalue weighted by molar-refractivity contribution is -0.138. The van der Waals surface area contributed by atoms with Gasteiger partial charge in [-0.3, -0.25) is 9.59 Å². The number of aryl methyl sites for hydroxylation is 1. The number of aromatic nitrogens is 2. The van der Waals surface area contributed by atoms with Gasteiger partial charge in [0.2, 0.25) is 11.8 Å². The van der Waals surface area contributed by atoms with Crippen LogP contribution in [0, 0.1) is 12.3 Å². The van der Waals surface area contributed by atoms with Crippen LogP contribution >= 0.6 is 0 Å². The number of carbonyl (C=O) groups excluding carboxylic acids is 2. The van der Waals surface area contributed by atoms with Crippen LogP contribution in [0.2, 0.25) is 0 Å². The van der Waals surface area contributed by atoms with Crippen LogP contribution in [0.15, 0.2) is 41.1 Å². The summed E-state index contributed by atoms with van der Waals surface area (Å²) in [5, 5.41) is 10.3. The summed E-state index contributed by atoms with van der Waals surface area (Å²) < 4.78 is 4.91. The lowest BCUT2D eigenvalue weighted by Crippen LogP contribution is -2.45. The van der Waals surface area contributed by atoms with Crippen molar-refractivity contribution < 1.29 is 14.1 Å². The van der Waals surface area contributed by atoms with Gasteiger partial charge in [0.15, 0.2) is 5.82 Å². The molecule has 3 rings (SSSR count). The number of anilines is 1. The molecule has 0 unspecified atom stereocenters. The van der Waals surface area contributed by atoms with Gasteiger partial charge in [-0.25, -0.2) is 0 Å². The largest absolute Gasteiger partial charge is 0.361 e. The quantitative estimate of drug-likeness (QED) is 0.593. The molecule has 0 saturated heterocycles. The number of fused-ring (bicyclic) bond motifs is 1. The summed E-state index contributed by atoms with van der Waals surface area (Å²) in [6.07, 6.45) is 2.62. The molecule has 0 saturated carbocycles. The highest BCUT2D eigenvalue weighted by Crippen LogP contribution is 2.20. The minimum atomic E-state index is -1.23. The number of H-pyrrole nitrogens is 1. The topological polar surface area (TPSA) is 100 Å². The van der Waals surface area contributed by atoms with Gasteiger partial charge in [-0.15, -0.1) is 0 Å². The first kappa shape index (κ1) is 17.7. The van der Waals surface area contributed by atoms with Gasteiger partial charge in [-0.05, 0) is 38.8 Å². The fourth-order valence-electron chi connectivity index (χ4n) is 2.67. The van der Waals surface area contributed by atoms with Crippen molar-refractivity contribution in [1.29, 1.82) is 0 Å². The maximum absolute atomic E-state index is 12.5. The first-order valence-corrected chi connectivity index (χ1v) is 8.46. The molecular weight excluding hydrogens is 332 g/mol. The zero-order chi connectivity index (χ0) is 18.7. The minimum Gasteiger partial charge on any atom is -0.361 e. The highest BCUT2D eigenvalue weighted by molar-refractivity contribution is 6.09. The zero-order valence-corrected chi connectivity index (χ0v) is 15.1. The Morgan fingerprint density at radius 1 is 1.23 bits per heavy atom.